The molecule has 0 aromatic heterocycles. The molecule has 2 fully saturated rings. The van der Waals surface area contributed by atoms with Crippen LogP contribution in [0.25, 0.3) is 0 Å². The molecular formula is C14H25N3O2. The van der Waals surface area contributed by atoms with Gasteiger partial charge in [-0.15, -0.1) is 0 Å². The molecule has 0 radical (unpaired) electrons. The maximum atomic E-state index is 12.3. The van der Waals surface area contributed by atoms with Crippen molar-refractivity contribution in [1.29, 1.82) is 0 Å². The van der Waals surface area contributed by atoms with Gasteiger partial charge in [0.1, 0.15) is 0 Å². The fourth-order valence-corrected chi connectivity index (χ4v) is 3.01. The van der Waals surface area contributed by atoms with Crippen molar-refractivity contribution in [2.45, 2.75) is 38.1 Å². The number of likely N-dealkylation sites (N-methyl/N-ethyl adjacent to an activating group) is 1. The van der Waals surface area contributed by atoms with E-state index >= 15 is 0 Å². The lowest BCUT2D eigenvalue weighted by atomic mass is 10.1. The first kappa shape index (κ1) is 14.3. The van der Waals surface area contributed by atoms with Crippen molar-refractivity contribution in [3.8, 4) is 0 Å². The van der Waals surface area contributed by atoms with Crippen LogP contribution in [0.4, 0.5) is 0 Å². The van der Waals surface area contributed by atoms with Gasteiger partial charge >= 0.3 is 0 Å². The predicted octanol–water partition coefficient (Wildman–Crippen LogP) is 0.552. The molecule has 0 saturated carbocycles. The van der Waals surface area contributed by atoms with Crippen LogP contribution in [-0.2, 0) is 9.59 Å². The second kappa shape index (κ2) is 6.37. The third-order valence-corrected chi connectivity index (χ3v) is 4.14. The topological polar surface area (TPSA) is 43.9 Å². The van der Waals surface area contributed by atoms with Gasteiger partial charge < -0.3 is 9.80 Å². The minimum atomic E-state index is -0.0938. The highest BCUT2D eigenvalue weighted by Gasteiger charge is 2.33. The van der Waals surface area contributed by atoms with Crippen LogP contribution in [0.2, 0.25) is 0 Å². The first-order valence-corrected chi connectivity index (χ1v) is 7.32. The zero-order chi connectivity index (χ0) is 13.8. The number of carbonyl (C=O) groups is 2. The van der Waals surface area contributed by atoms with Gasteiger partial charge in [-0.3, -0.25) is 14.5 Å². The number of amides is 2. The van der Waals surface area contributed by atoms with Crippen molar-refractivity contribution >= 4 is 11.8 Å². The van der Waals surface area contributed by atoms with E-state index in [2.05, 4.69) is 4.90 Å². The van der Waals surface area contributed by atoms with E-state index in [1.807, 2.05) is 4.90 Å². The number of nitrogens with zero attached hydrogens (tertiary/aromatic N) is 3. The molecular weight excluding hydrogens is 242 g/mol. The van der Waals surface area contributed by atoms with Gasteiger partial charge in [-0.05, 0) is 38.6 Å². The quantitative estimate of drug-likeness (QED) is 0.750. The van der Waals surface area contributed by atoms with Crippen LogP contribution < -0.4 is 0 Å². The summed E-state index contributed by atoms with van der Waals surface area (Å²) >= 11 is 0. The van der Waals surface area contributed by atoms with Gasteiger partial charge in [0.2, 0.25) is 11.8 Å². The van der Waals surface area contributed by atoms with Gasteiger partial charge in [-0.25, -0.2) is 0 Å². The highest BCUT2D eigenvalue weighted by molar-refractivity contribution is 5.83. The molecule has 2 saturated heterocycles. The van der Waals surface area contributed by atoms with E-state index in [-0.39, 0.29) is 17.9 Å². The van der Waals surface area contributed by atoms with Crippen LogP contribution in [-0.4, -0.2) is 72.8 Å². The molecule has 0 N–H and O–H groups in total. The first-order valence-electron chi connectivity index (χ1n) is 7.32. The van der Waals surface area contributed by atoms with Crippen LogP contribution in [0.5, 0.6) is 0 Å². The zero-order valence-electron chi connectivity index (χ0n) is 12.1. The number of hydrogen-bond donors (Lipinski definition) is 0. The Labute approximate surface area is 115 Å². The third kappa shape index (κ3) is 3.47. The molecule has 1 unspecified atom stereocenters. The lowest BCUT2D eigenvalue weighted by molar-refractivity contribution is -0.137. The number of carbonyl (C=O) groups excluding carboxylic acids is 2. The van der Waals surface area contributed by atoms with Gasteiger partial charge in [0.25, 0.3) is 0 Å². The molecule has 2 rings (SSSR count). The largest absolute Gasteiger partial charge is 0.347 e. The van der Waals surface area contributed by atoms with Crippen molar-refractivity contribution < 1.29 is 9.59 Å². The Morgan fingerprint density at radius 1 is 1.05 bits per heavy atom. The van der Waals surface area contributed by atoms with E-state index in [9.17, 15) is 9.59 Å². The summed E-state index contributed by atoms with van der Waals surface area (Å²) in [5.74, 6) is 0.321. The molecule has 19 heavy (non-hydrogen) atoms. The normalized spacial score (nSPS) is 24.5. The summed E-state index contributed by atoms with van der Waals surface area (Å²) in [6.07, 6.45) is 5.36. The van der Waals surface area contributed by atoms with Crippen LogP contribution >= 0.6 is 0 Å². The average Bonchev–Trinajstić information content (AvgIpc) is 2.86. The number of rotatable bonds is 3. The minimum Gasteiger partial charge on any atom is -0.347 e. The van der Waals surface area contributed by atoms with Gasteiger partial charge in [0.15, 0.2) is 0 Å². The maximum absolute atomic E-state index is 12.3. The Kier molecular flexibility index (Phi) is 4.80. The molecule has 2 heterocycles. The second-order valence-corrected chi connectivity index (χ2v) is 5.80. The fraction of sp³-hybridized carbons (Fsp3) is 0.857. The van der Waals surface area contributed by atoms with E-state index in [0.717, 1.165) is 45.3 Å². The van der Waals surface area contributed by atoms with Gasteiger partial charge in [-0.2, -0.15) is 0 Å². The van der Waals surface area contributed by atoms with Crippen molar-refractivity contribution in [2.24, 2.45) is 0 Å². The lowest BCUT2D eigenvalue weighted by Gasteiger charge is -2.31. The number of likely N-dealkylation sites (tertiary alicyclic amines) is 2. The third-order valence-electron chi connectivity index (χ3n) is 4.14. The summed E-state index contributed by atoms with van der Waals surface area (Å²) in [6.45, 7) is 3.05. The summed E-state index contributed by atoms with van der Waals surface area (Å²) < 4.78 is 0. The summed E-state index contributed by atoms with van der Waals surface area (Å²) in [5.41, 5.74) is 0. The van der Waals surface area contributed by atoms with E-state index < -0.39 is 0 Å². The van der Waals surface area contributed by atoms with Crippen LogP contribution in [0.1, 0.15) is 32.1 Å². The molecule has 0 aromatic rings. The van der Waals surface area contributed by atoms with Gasteiger partial charge in [-0.1, -0.05) is 0 Å². The van der Waals surface area contributed by atoms with Crippen molar-refractivity contribution in [3.63, 3.8) is 0 Å². The zero-order valence-corrected chi connectivity index (χ0v) is 12.1. The van der Waals surface area contributed by atoms with E-state index in [4.69, 9.17) is 0 Å². The monoisotopic (exact) mass is 267 g/mol. The Balaban J connectivity index is 1.90. The lowest BCUT2D eigenvalue weighted by Crippen LogP contribution is -2.48. The van der Waals surface area contributed by atoms with Crippen LogP contribution in [0.15, 0.2) is 0 Å². The van der Waals surface area contributed by atoms with Crippen molar-refractivity contribution in [1.82, 2.24) is 14.7 Å². The summed E-state index contributed by atoms with van der Waals surface area (Å²) in [4.78, 5) is 30.0. The highest BCUT2D eigenvalue weighted by atomic mass is 16.2. The standard InChI is InChI=1S/C14H25N3O2/c1-15(2)14(19)12-7-6-10-17(12)11-13(18)16-8-4-3-5-9-16/h12H,3-11H2,1-2H3. The highest BCUT2D eigenvalue weighted by Crippen LogP contribution is 2.19. The predicted molar refractivity (Wildman–Crippen MR) is 73.7 cm³/mol. The fourth-order valence-electron chi connectivity index (χ4n) is 3.01. The molecule has 0 bridgehead atoms. The first-order chi connectivity index (χ1) is 9.09. The summed E-state index contributed by atoms with van der Waals surface area (Å²) in [7, 11) is 3.57. The van der Waals surface area contributed by atoms with E-state index in [1.165, 1.54) is 6.42 Å². The molecule has 5 heteroatoms. The Morgan fingerprint density at radius 3 is 2.37 bits per heavy atom. The molecule has 0 aliphatic carbocycles. The molecule has 2 aliphatic heterocycles. The molecule has 0 aromatic carbocycles. The van der Waals surface area contributed by atoms with Gasteiger partial charge in [0, 0.05) is 27.2 Å². The molecule has 108 valence electrons. The number of piperidine rings is 1. The molecule has 5 nitrogen and oxygen atoms in total. The Morgan fingerprint density at radius 2 is 1.74 bits per heavy atom. The molecule has 1 atom stereocenters. The minimum absolute atomic E-state index is 0.0938. The molecule has 2 aliphatic rings. The summed E-state index contributed by atoms with van der Waals surface area (Å²) in [6, 6.07) is -0.0938. The second-order valence-electron chi connectivity index (χ2n) is 5.80. The summed E-state index contributed by atoms with van der Waals surface area (Å²) in [5, 5.41) is 0. The number of hydrogen-bond acceptors (Lipinski definition) is 3. The average molecular weight is 267 g/mol. The van der Waals surface area contributed by atoms with Crippen molar-refractivity contribution in [2.75, 3.05) is 40.3 Å². The van der Waals surface area contributed by atoms with Crippen LogP contribution in [0, 0.1) is 0 Å². The smallest absolute Gasteiger partial charge is 0.239 e. The SMILES string of the molecule is CN(C)C(=O)C1CCCN1CC(=O)N1CCCCC1. The maximum Gasteiger partial charge on any atom is 0.239 e. The Bertz CT molecular complexity index is 338. The van der Waals surface area contributed by atoms with Gasteiger partial charge in [0.05, 0.1) is 12.6 Å². The van der Waals surface area contributed by atoms with Crippen LogP contribution in [0.3, 0.4) is 0 Å². The van der Waals surface area contributed by atoms with Crippen molar-refractivity contribution in [3.05, 3.63) is 0 Å². The van der Waals surface area contributed by atoms with E-state index in [1.54, 1.807) is 19.0 Å². The van der Waals surface area contributed by atoms with E-state index in [0.29, 0.717) is 6.54 Å². The Hall–Kier alpha value is -1.10. The molecule has 0 spiro atoms. The molecule has 2 amide bonds.